The molecule has 0 saturated carbocycles. The third kappa shape index (κ3) is 2.18. The molecule has 2 atom stereocenters. The molecule has 1 fully saturated rings. The van der Waals surface area contributed by atoms with Crippen molar-refractivity contribution in [3.63, 3.8) is 0 Å². The van der Waals surface area contributed by atoms with Crippen molar-refractivity contribution in [2.45, 2.75) is 13.0 Å². The van der Waals surface area contributed by atoms with E-state index in [4.69, 9.17) is 11.6 Å². The van der Waals surface area contributed by atoms with Crippen LogP contribution in [0.3, 0.4) is 0 Å². The zero-order chi connectivity index (χ0) is 9.97. The molecule has 0 radical (unpaired) electrons. The fourth-order valence-electron chi connectivity index (χ4n) is 1.62. The number of para-hydroxylation sites is 1. The van der Waals surface area contributed by atoms with Crippen LogP contribution in [0.2, 0.25) is 5.02 Å². The van der Waals surface area contributed by atoms with E-state index in [1.54, 1.807) is 0 Å². The molecule has 0 amide bonds. The van der Waals surface area contributed by atoms with E-state index in [1.165, 1.54) is 11.5 Å². The van der Waals surface area contributed by atoms with Crippen LogP contribution in [-0.4, -0.2) is 17.5 Å². The lowest BCUT2D eigenvalue weighted by Crippen LogP contribution is -2.25. The Bertz CT molecular complexity index is 316. The van der Waals surface area contributed by atoms with E-state index in [2.05, 4.69) is 12.2 Å². The van der Waals surface area contributed by atoms with Crippen molar-refractivity contribution in [2.75, 3.05) is 16.8 Å². The molecular weight excluding hydrogens is 214 g/mol. The third-order valence-electron chi connectivity index (χ3n) is 2.58. The first-order valence-corrected chi connectivity index (χ1v) is 6.39. The van der Waals surface area contributed by atoms with E-state index in [0.29, 0.717) is 6.04 Å². The minimum Gasteiger partial charge on any atom is -0.380 e. The molecule has 1 aliphatic rings. The summed E-state index contributed by atoms with van der Waals surface area (Å²) >= 11 is 8.09. The van der Waals surface area contributed by atoms with E-state index < -0.39 is 0 Å². The topological polar surface area (TPSA) is 12.0 Å². The van der Waals surface area contributed by atoms with Gasteiger partial charge in [-0.1, -0.05) is 30.7 Å². The summed E-state index contributed by atoms with van der Waals surface area (Å²) in [5, 5.41) is 4.32. The van der Waals surface area contributed by atoms with Crippen molar-refractivity contribution in [2.24, 2.45) is 5.92 Å². The number of anilines is 1. The van der Waals surface area contributed by atoms with Crippen LogP contribution in [0.5, 0.6) is 0 Å². The molecule has 1 aliphatic heterocycles. The first-order valence-electron chi connectivity index (χ1n) is 4.86. The average molecular weight is 228 g/mol. The number of hydrogen-bond donors (Lipinski definition) is 1. The Labute approximate surface area is 94.2 Å². The first-order chi connectivity index (χ1) is 6.77. The minimum absolute atomic E-state index is 0.569. The van der Waals surface area contributed by atoms with Crippen LogP contribution in [0.1, 0.15) is 6.92 Å². The van der Waals surface area contributed by atoms with Gasteiger partial charge in [0, 0.05) is 11.8 Å². The van der Waals surface area contributed by atoms with Crippen LogP contribution in [0, 0.1) is 5.92 Å². The molecule has 1 aromatic rings. The summed E-state index contributed by atoms with van der Waals surface area (Å²) in [4.78, 5) is 0. The highest BCUT2D eigenvalue weighted by molar-refractivity contribution is 7.99. The molecule has 0 spiro atoms. The molecule has 1 saturated heterocycles. The van der Waals surface area contributed by atoms with E-state index in [0.717, 1.165) is 16.6 Å². The summed E-state index contributed by atoms with van der Waals surface area (Å²) < 4.78 is 0. The van der Waals surface area contributed by atoms with Gasteiger partial charge in [0.05, 0.1) is 10.7 Å². The lowest BCUT2D eigenvalue weighted by atomic mass is 10.1. The highest BCUT2D eigenvalue weighted by Crippen LogP contribution is 2.29. The highest BCUT2D eigenvalue weighted by atomic mass is 35.5. The zero-order valence-corrected chi connectivity index (χ0v) is 9.74. The van der Waals surface area contributed by atoms with Crippen LogP contribution in [0.4, 0.5) is 5.69 Å². The van der Waals surface area contributed by atoms with Gasteiger partial charge in [0.15, 0.2) is 0 Å². The predicted molar refractivity (Wildman–Crippen MR) is 65.4 cm³/mol. The summed E-state index contributed by atoms with van der Waals surface area (Å²) in [6.45, 7) is 2.29. The van der Waals surface area contributed by atoms with Crippen LogP contribution in [-0.2, 0) is 0 Å². The summed E-state index contributed by atoms with van der Waals surface area (Å²) in [6.07, 6.45) is 0. The molecule has 76 valence electrons. The van der Waals surface area contributed by atoms with Crippen molar-refractivity contribution in [1.82, 2.24) is 0 Å². The second-order valence-electron chi connectivity index (χ2n) is 3.75. The quantitative estimate of drug-likeness (QED) is 0.830. The van der Waals surface area contributed by atoms with Gasteiger partial charge in [0.1, 0.15) is 0 Å². The second kappa shape index (κ2) is 4.45. The molecule has 0 aromatic heterocycles. The molecule has 1 heterocycles. The van der Waals surface area contributed by atoms with Gasteiger partial charge in [-0.15, -0.1) is 0 Å². The van der Waals surface area contributed by atoms with Crippen molar-refractivity contribution in [3.05, 3.63) is 29.3 Å². The van der Waals surface area contributed by atoms with Crippen molar-refractivity contribution >= 4 is 29.1 Å². The molecule has 0 aliphatic carbocycles. The van der Waals surface area contributed by atoms with Crippen LogP contribution >= 0.6 is 23.4 Å². The van der Waals surface area contributed by atoms with Gasteiger partial charge in [0.2, 0.25) is 0 Å². The fraction of sp³-hybridized carbons (Fsp3) is 0.455. The molecule has 2 unspecified atom stereocenters. The van der Waals surface area contributed by atoms with Gasteiger partial charge in [-0.25, -0.2) is 0 Å². The summed E-state index contributed by atoms with van der Waals surface area (Å²) in [6, 6.07) is 8.51. The van der Waals surface area contributed by atoms with Gasteiger partial charge in [-0.05, 0) is 23.8 Å². The standard InChI is InChI=1S/C11H14ClNS/c1-8-6-14-7-11(8)13-10-5-3-2-4-9(10)12/h2-5,8,11,13H,6-7H2,1H3. The normalized spacial score (nSPS) is 26.4. The van der Waals surface area contributed by atoms with E-state index in [9.17, 15) is 0 Å². The Morgan fingerprint density at radius 2 is 2.14 bits per heavy atom. The van der Waals surface area contributed by atoms with Gasteiger partial charge in [0.25, 0.3) is 0 Å². The van der Waals surface area contributed by atoms with Gasteiger partial charge >= 0.3 is 0 Å². The zero-order valence-electron chi connectivity index (χ0n) is 8.16. The van der Waals surface area contributed by atoms with Gasteiger partial charge in [-0.3, -0.25) is 0 Å². The van der Waals surface area contributed by atoms with Crippen LogP contribution in [0.25, 0.3) is 0 Å². The Morgan fingerprint density at radius 1 is 1.36 bits per heavy atom. The Hall–Kier alpha value is -0.340. The van der Waals surface area contributed by atoms with Crippen molar-refractivity contribution in [3.8, 4) is 0 Å². The molecule has 1 nitrogen and oxygen atoms in total. The predicted octanol–water partition coefficient (Wildman–Crippen LogP) is 3.50. The number of hydrogen-bond acceptors (Lipinski definition) is 2. The largest absolute Gasteiger partial charge is 0.380 e. The fourth-order valence-corrected chi connectivity index (χ4v) is 3.22. The third-order valence-corrected chi connectivity index (χ3v) is 4.27. The van der Waals surface area contributed by atoms with Crippen LogP contribution in [0.15, 0.2) is 24.3 Å². The second-order valence-corrected chi connectivity index (χ2v) is 5.23. The molecule has 3 heteroatoms. The molecule has 2 rings (SSSR count). The Morgan fingerprint density at radius 3 is 2.79 bits per heavy atom. The maximum Gasteiger partial charge on any atom is 0.0637 e. The first kappa shape index (κ1) is 10.2. The highest BCUT2D eigenvalue weighted by Gasteiger charge is 2.23. The molecular formula is C11H14ClNS. The smallest absolute Gasteiger partial charge is 0.0637 e. The Kier molecular flexibility index (Phi) is 3.24. The maximum absolute atomic E-state index is 6.08. The SMILES string of the molecule is CC1CSCC1Nc1ccccc1Cl. The van der Waals surface area contributed by atoms with Crippen molar-refractivity contribution < 1.29 is 0 Å². The monoisotopic (exact) mass is 227 g/mol. The lowest BCUT2D eigenvalue weighted by Gasteiger charge is -2.18. The molecule has 1 N–H and O–H groups in total. The summed E-state index contributed by atoms with van der Waals surface area (Å²) in [5.41, 5.74) is 1.06. The van der Waals surface area contributed by atoms with Crippen LogP contribution < -0.4 is 5.32 Å². The molecule has 14 heavy (non-hydrogen) atoms. The van der Waals surface area contributed by atoms with E-state index in [-0.39, 0.29) is 0 Å². The number of thioether (sulfide) groups is 1. The Balaban J connectivity index is 2.07. The van der Waals surface area contributed by atoms with Gasteiger partial charge in [-0.2, -0.15) is 11.8 Å². The van der Waals surface area contributed by atoms with Gasteiger partial charge < -0.3 is 5.32 Å². The summed E-state index contributed by atoms with van der Waals surface area (Å²) in [7, 11) is 0. The number of benzene rings is 1. The van der Waals surface area contributed by atoms with E-state index >= 15 is 0 Å². The lowest BCUT2D eigenvalue weighted by molar-refractivity contribution is 0.599. The molecule has 0 bridgehead atoms. The minimum atomic E-state index is 0.569. The summed E-state index contributed by atoms with van der Waals surface area (Å²) in [5.74, 6) is 3.17. The average Bonchev–Trinajstić information content (AvgIpc) is 2.56. The molecule has 1 aromatic carbocycles. The van der Waals surface area contributed by atoms with E-state index in [1.807, 2.05) is 36.0 Å². The number of halogens is 1. The number of nitrogens with one attached hydrogen (secondary N) is 1. The number of rotatable bonds is 2. The van der Waals surface area contributed by atoms with Crippen molar-refractivity contribution in [1.29, 1.82) is 0 Å². The maximum atomic E-state index is 6.08.